The lowest BCUT2D eigenvalue weighted by Crippen LogP contribution is -2.34. The van der Waals surface area contributed by atoms with Crippen molar-refractivity contribution >= 4 is 17.5 Å². The van der Waals surface area contributed by atoms with Gasteiger partial charge in [0.1, 0.15) is 0 Å². The van der Waals surface area contributed by atoms with Gasteiger partial charge < -0.3 is 15.0 Å². The lowest BCUT2D eigenvalue weighted by Gasteiger charge is -2.23. The molecule has 0 aliphatic rings. The first-order chi connectivity index (χ1) is 10.8. The van der Waals surface area contributed by atoms with Crippen molar-refractivity contribution in [1.29, 1.82) is 0 Å². The summed E-state index contributed by atoms with van der Waals surface area (Å²) < 4.78 is 4.88. The molecule has 0 atom stereocenters. The second-order valence-electron chi connectivity index (χ2n) is 6.56. The van der Waals surface area contributed by atoms with Crippen LogP contribution in [-0.4, -0.2) is 38.6 Å². The minimum absolute atomic E-state index is 0.0703. The van der Waals surface area contributed by atoms with Crippen molar-refractivity contribution in [3.8, 4) is 0 Å². The zero-order valence-electron chi connectivity index (χ0n) is 14.8. The zero-order chi connectivity index (χ0) is 17.5. The minimum Gasteiger partial charge on any atom is -0.383 e. The van der Waals surface area contributed by atoms with Crippen molar-refractivity contribution in [2.45, 2.75) is 39.5 Å². The standard InChI is InChI=1S/C18H28N2O3/c1-14(21)20(12-10-17(22)19-11-13-23-5)16-8-6-15(7-9-16)18(2,3)4/h6-9H,10-13H2,1-5H3,(H,19,22). The van der Waals surface area contributed by atoms with Gasteiger partial charge in [-0.3, -0.25) is 9.59 Å². The van der Waals surface area contributed by atoms with Gasteiger partial charge in [0.15, 0.2) is 0 Å². The maximum Gasteiger partial charge on any atom is 0.223 e. The van der Waals surface area contributed by atoms with Crippen LogP contribution in [0.5, 0.6) is 0 Å². The fraction of sp³-hybridized carbons (Fsp3) is 0.556. The number of methoxy groups -OCH3 is 1. The molecule has 0 fully saturated rings. The van der Waals surface area contributed by atoms with Gasteiger partial charge in [0.05, 0.1) is 6.61 Å². The van der Waals surface area contributed by atoms with Crippen LogP contribution in [0, 0.1) is 0 Å². The van der Waals surface area contributed by atoms with Crippen molar-refractivity contribution in [1.82, 2.24) is 5.32 Å². The van der Waals surface area contributed by atoms with E-state index in [1.807, 2.05) is 24.3 Å². The first-order valence-electron chi connectivity index (χ1n) is 7.90. The highest BCUT2D eigenvalue weighted by Crippen LogP contribution is 2.25. The molecule has 2 amide bonds. The Morgan fingerprint density at radius 3 is 2.26 bits per heavy atom. The summed E-state index contributed by atoms with van der Waals surface area (Å²) in [6, 6.07) is 7.93. The van der Waals surface area contributed by atoms with E-state index in [9.17, 15) is 9.59 Å². The van der Waals surface area contributed by atoms with Crippen LogP contribution in [0.15, 0.2) is 24.3 Å². The van der Waals surface area contributed by atoms with Crippen molar-refractivity contribution in [2.24, 2.45) is 0 Å². The van der Waals surface area contributed by atoms with Gasteiger partial charge in [-0.1, -0.05) is 32.9 Å². The number of nitrogens with one attached hydrogen (secondary N) is 1. The number of amides is 2. The van der Waals surface area contributed by atoms with E-state index in [0.717, 1.165) is 5.69 Å². The Hall–Kier alpha value is -1.88. The number of rotatable bonds is 7. The Morgan fingerprint density at radius 2 is 1.78 bits per heavy atom. The van der Waals surface area contributed by atoms with Gasteiger partial charge in [-0.25, -0.2) is 0 Å². The average molecular weight is 320 g/mol. The Balaban J connectivity index is 2.68. The van der Waals surface area contributed by atoms with Crippen LogP contribution >= 0.6 is 0 Å². The lowest BCUT2D eigenvalue weighted by atomic mass is 9.87. The molecule has 1 aromatic rings. The van der Waals surface area contributed by atoms with Crippen LogP contribution in [-0.2, 0) is 19.7 Å². The van der Waals surface area contributed by atoms with Gasteiger partial charge in [0, 0.05) is 39.2 Å². The van der Waals surface area contributed by atoms with E-state index in [4.69, 9.17) is 4.74 Å². The summed E-state index contributed by atoms with van der Waals surface area (Å²) in [5.74, 6) is -0.155. The molecule has 0 aliphatic carbocycles. The largest absolute Gasteiger partial charge is 0.383 e. The van der Waals surface area contributed by atoms with E-state index < -0.39 is 0 Å². The van der Waals surface area contributed by atoms with E-state index in [0.29, 0.717) is 19.7 Å². The topological polar surface area (TPSA) is 58.6 Å². The van der Waals surface area contributed by atoms with Gasteiger partial charge in [-0.2, -0.15) is 0 Å². The molecule has 0 radical (unpaired) electrons. The molecule has 1 N–H and O–H groups in total. The van der Waals surface area contributed by atoms with Crippen LogP contribution in [0.2, 0.25) is 0 Å². The zero-order valence-corrected chi connectivity index (χ0v) is 14.8. The maximum absolute atomic E-state index is 11.9. The molecule has 1 rings (SSSR count). The van der Waals surface area contributed by atoms with Gasteiger partial charge >= 0.3 is 0 Å². The third kappa shape index (κ3) is 6.40. The molecule has 0 bridgehead atoms. The number of ether oxygens (including phenoxy) is 1. The van der Waals surface area contributed by atoms with E-state index in [1.165, 1.54) is 12.5 Å². The van der Waals surface area contributed by atoms with Crippen molar-refractivity contribution in [3.05, 3.63) is 29.8 Å². The molecule has 5 nitrogen and oxygen atoms in total. The lowest BCUT2D eigenvalue weighted by molar-refractivity contribution is -0.121. The van der Waals surface area contributed by atoms with Crippen molar-refractivity contribution < 1.29 is 14.3 Å². The molecular weight excluding hydrogens is 292 g/mol. The Labute approximate surface area is 139 Å². The second-order valence-corrected chi connectivity index (χ2v) is 6.56. The molecule has 128 valence electrons. The first-order valence-corrected chi connectivity index (χ1v) is 7.90. The predicted octanol–water partition coefficient (Wildman–Crippen LogP) is 2.49. The molecule has 0 spiro atoms. The summed E-state index contributed by atoms with van der Waals surface area (Å²) in [6.07, 6.45) is 0.268. The Kier molecular flexibility index (Phi) is 7.23. The number of nitrogens with zero attached hydrogens (tertiary/aromatic N) is 1. The van der Waals surface area contributed by atoms with Crippen molar-refractivity contribution in [2.75, 3.05) is 31.7 Å². The Bertz CT molecular complexity index is 518. The fourth-order valence-electron chi connectivity index (χ4n) is 2.20. The highest BCUT2D eigenvalue weighted by molar-refractivity contribution is 5.92. The fourth-order valence-corrected chi connectivity index (χ4v) is 2.20. The third-order valence-electron chi connectivity index (χ3n) is 3.62. The average Bonchev–Trinajstić information content (AvgIpc) is 2.47. The highest BCUT2D eigenvalue weighted by atomic mass is 16.5. The smallest absolute Gasteiger partial charge is 0.223 e. The SMILES string of the molecule is COCCNC(=O)CCN(C(C)=O)c1ccc(C(C)(C)C)cc1. The van der Waals surface area contributed by atoms with Crippen molar-refractivity contribution in [3.63, 3.8) is 0 Å². The number of carbonyl (C=O) groups excluding carboxylic acids is 2. The third-order valence-corrected chi connectivity index (χ3v) is 3.62. The molecule has 5 heteroatoms. The van der Waals surface area contributed by atoms with Crippen LogP contribution in [0.3, 0.4) is 0 Å². The van der Waals surface area contributed by atoms with Gasteiger partial charge in [0.2, 0.25) is 11.8 Å². The number of benzene rings is 1. The number of anilines is 1. The maximum atomic E-state index is 11.9. The molecule has 0 aliphatic heterocycles. The van der Waals surface area contributed by atoms with Crippen LogP contribution in [0.1, 0.15) is 39.7 Å². The first kappa shape index (κ1) is 19.2. The summed E-state index contributed by atoms with van der Waals surface area (Å²) in [5.41, 5.74) is 2.10. The molecule has 1 aromatic carbocycles. The monoisotopic (exact) mass is 320 g/mol. The number of hydrogen-bond donors (Lipinski definition) is 1. The minimum atomic E-state index is -0.0837. The molecule has 0 saturated heterocycles. The molecular formula is C18H28N2O3. The van der Waals surface area contributed by atoms with Gasteiger partial charge in [0.25, 0.3) is 0 Å². The molecule has 23 heavy (non-hydrogen) atoms. The summed E-state index contributed by atoms with van der Waals surface area (Å²) >= 11 is 0. The molecule has 0 saturated carbocycles. The number of carbonyl (C=O) groups is 2. The molecule has 0 aromatic heterocycles. The van der Waals surface area contributed by atoms with E-state index in [-0.39, 0.29) is 23.7 Å². The van der Waals surface area contributed by atoms with Crippen LogP contribution in [0.25, 0.3) is 0 Å². The van der Waals surface area contributed by atoms with E-state index in [2.05, 4.69) is 26.1 Å². The number of hydrogen-bond acceptors (Lipinski definition) is 3. The van der Waals surface area contributed by atoms with E-state index in [1.54, 1.807) is 12.0 Å². The van der Waals surface area contributed by atoms with Crippen LogP contribution in [0.4, 0.5) is 5.69 Å². The summed E-state index contributed by atoms with van der Waals surface area (Å²) in [7, 11) is 1.59. The summed E-state index contributed by atoms with van der Waals surface area (Å²) in [6.45, 7) is 9.29. The van der Waals surface area contributed by atoms with Gasteiger partial charge in [-0.15, -0.1) is 0 Å². The molecule has 0 heterocycles. The normalized spacial score (nSPS) is 11.2. The quantitative estimate of drug-likeness (QED) is 0.785. The summed E-state index contributed by atoms with van der Waals surface area (Å²) in [5, 5.41) is 2.76. The van der Waals surface area contributed by atoms with Gasteiger partial charge in [-0.05, 0) is 23.1 Å². The summed E-state index contributed by atoms with van der Waals surface area (Å²) in [4.78, 5) is 25.3. The van der Waals surface area contributed by atoms with E-state index >= 15 is 0 Å². The Morgan fingerprint density at radius 1 is 1.17 bits per heavy atom. The van der Waals surface area contributed by atoms with Crippen LogP contribution < -0.4 is 10.2 Å². The highest BCUT2D eigenvalue weighted by Gasteiger charge is 2.16. The predicted molar refractivity (Wildman–Crippen MR) is 92.7 cm³/mol. The molecule has 0 unspecified atom stereocenters. The second kappa shape index (κ2) is 8.67.